The summed E-state index contributed by atoms with van der Waals surface area (Å²) in [6, 6.07) is 18.6. The Bertz CT molecular complexity index is 1460. The molecule has 0 unspecified atom stereocenters. The molecule has 4 aromatic rings. The van der Waals surface area contributed by atoms with E-state index in [4.69, 9.17) is 19.3 Å². The van der Waals surface area contributed by atoms with E-state index in [9.17, 15) is 9.59 Å². The summed E-state index contributed by atoms with van der Waals surface area (Å²) in [5.41, 5.74) is 2.46. The second-order valence-corrected chi connectivity index (χ2v) is 9.42. The number of rotatable bonds is 13. The lowest BCUT2D eigenvalue weighted by molar-refractivity contribution is 0.0186. The number of nitrogens with one attached hydrogen (secondary N) is 1. The smallest absolute Gasteiger partial charge is 0.435 e. The number of pyridine rings is 1. The predicted molar refractivity (Wildman–Crippen MR) is 160 cm³/mol. The number of halogens is 1. The molecule has 4 rings (SSSR count). The van der Waals surface area contributed by atoms with Crippen molar-refractivity contribution in [3.8, 4) is 0 Å². The SMILES string of the molecule is CNC(=O)c1ccccc1Sc1ccc2c(/C=C/c3ccccn3)nn(C(=O)OCCOCCOCCO)c2c1.Cl. The van der Waals surface area contributed by atoms with Gasteiger partial charge in [0.1, 0.15) is 6.61 Å². The largest absolute Gasteiger partial charge is 0.445 e. The normalized spacial score (nSPS) is 11.0. The van der Waals surface area contributed by atoms with Crippen LogP contribution >= 0.6 is 24.2 Å². The van der Waals surface area contributed by atoms with E-state index in [1.54, 1.807) is 25.4 Å². The Kier molecular flexibility index (Phi) is 12.8. The van der Waals surface area contributed by atoms with Crippen LogP contribution in [0.1, 0.15) is 21.7 Å². The third-order valence-electron chi connectivity index (χ3n) is 5.60. The highest BCUT2D eigenvalue weighted by Crippen LogP contribution is 2.33. The minimum Gasteiger partial charge on any atom is -0.445 e. The number of fused-ring (bicyclic) bond motifs is 1. The summed E-state index contributed by atoms with van der Waals surface area (Å²) in [5.74, 6) is -0.179. The Hall–Kier alpha value is -3.74. The van der Waals surface area contributed by atoms with Gasteiger partial charge in [-0.25, -0.2) is 4.79 Å². The van der Waals surface area contributed by atoms with Crippen molar-refractivity contribution in [1.29, 1.82) is 0 Å². The zero-order chi connectivity index (χ0) is 28.2. The Balaban J connectivity index is 0.00000462. The van der Waals surface area contributed by atoms with Gasteiger partial charge in [0.15, 0.2) is 0 Å². The van der Waals surface area contributed by atoms with Crippen LogP contribution in [0.15, 0.2) is 76.7 Å². The van der Waals surface area contributed by atoms with Crippen LogP contribution in [0.2, 0.25) is 0 Å². The van der Waals surface area contributed by atoms with Crippen LogP contribution in [-0.2, 0) is 14.2 Å². The number of aliphatic hydroxyl groups is 1. The molecule has 12 heteroatoms. The van der Waals surface area contributed by atoms with Gasteiger partial charge in [0, 0.05) is 28.4 Å². The van der Waals surface area contributed by atoms with Crippen LogP contribution in [0, 0.1) is 0 Å². The molecule has 1 amide bonds. The molecule has 0 spiro atoms. The Morgan fingerprint density at radius 2 is 1.73 bits per heavy atom. The molecule has 0 aliphatic rings. The van der Waals surface area contributed by atoms with Crippen molar-refractivity contribution in [2.45, 2.75) is 9.79 Å². The summed E-state index contributed by atoms with van der Waals surface area (Å²) >= 11 is 1.42. The molecule has 0 saturated heterocycles. The lowest BCUT2D eigenvalue weighted by Crippen LogP contribution is -2.19. The summed E-state index contributed by atoms with van der Waals surface area (Å²) in [6.45, 7) is 1.09. The van der Waals surface area contributed by atoms with Crippen LogP contribution in [0.5, 0.6) is 0 Å². The molecule has 2 N–H and O–H groups in total. The standard InChI is InChI=1S/C29H30N4O6S.ClH/c1-30-28(35)24-7-2-3-8-27(24)40-22-10-11-23-25(12-9-21-6-4-5-13-31-21)32-33(26(23)20-22)29(36)39-19-18-38-17-16-37-15-14-34;/h2-13,20,34H,14-19H2,1H3,(H,30,35);1H/b12-9+;. The number of carbonyl (C=O) groups is 2. The number of hydrogen-bond donors (Lipinski definition) is 2. The molecule has 10 nitrogen and oxygen atoms in total. The molecule has 0 saturated carbocycles. The first-order chi connectivity index (χ1) is 19.6. The van der Waals surface area contributed by atoms with E-state index in [0.29, 0.717) is 30.0 Å². The summed E-state index contributed by atoms with van der Waals surface area (Å²) in [4.78, 5) is 31.3. The van der Waals surface area contributed by atoms with Crippen molar-refractivity contribution >= 4 is 59.2 Å². The van der Waals surface area contributed by atoms with E-state index in [1.165, 1.54) is 16.4 Å². The van der Waals surface area contributed by atoms with Gasteiger partial charge in [-0.2, -0.15) is 9.78 Å². The molecule has 2 heterocycles. The van der Waals surface area contributed by atoms with Crippen molar-refractivity contribution in [2.24, 2.45) is 0 Å². The van der Waals surface area contributed by atoms with Crippen molar-refractivity contribution in [3.05, 3.63) is 83.8 Å². The van der Waals surface area contributed by atoms with Crippen molar-refractivity contribution in [1.82, 2.24) is 20.1 Å². The fourth-order valence-electron chi connectivity index (χ4n) is 3.72. The molecule has 0 bridgehead atoms. The minimum atomic E-state index is -0.643. The van der Waals surface area contributed by atoms with Gasteiger partial charge in [0.25, 0.3) is 5.91 Å². The molecule has 0 fully saturated rings. The van der Waals surface area contributed by atoms with Gasteiger partial charge in [0.2, 0.25) is 0 Å². The quantitative estimate of drug-likeness (QED) is 0.213. The first-order valence-electron chi connectivity index (χ1n) is 12.6. The van der Waals surface area contributed by atoms with E-state index in [1.807, 2.05) is 60.7 Å². The summed E-state index contributed by atoms with van der Waals surface area (Å²) in [5, 5.41) is 16.7. The van der Waals surface area contributed by atoms with E-state index in [-0.39, 0.29) is 44.7 Å². The number of nitrogens with zero attached hydrogens (tertiary/aromatic N) is 3. The maximum Gasteiger partial charge on any atom is 0.435 e. The highest BCUT2D eigenvalue weighted by Gasteiger charge is 2.18. The van der Waals surface area contributed by atoms with Crippen LogP contribution in [0.25, 0.3) is 23.1 Å². The fourth-order valence-corrected chi connectivity index (χ4v) is 4.70. The van der Waals surface area contributed by atoms with Crippen molar-refractivity contribution in [2.75, 3.05) is 46.7 Å². The first kappa shape index (κ1) is 31.8. The molecule has 2 aromatic carbocycles. The third kappa shape index (κ3) is 8.87. The molecule has 0 radical (unpaired) electrons. The molecule has 0 aliphatic carbocycles. The molecule has 0 aliphatic heterocycles. The third-order valence-corrected chi connectivity index (χ3v) is 6.67. The molecular weight excluding hydrogens is 568 g/mol. The number of amides is 1. The second-order valence-electron chi connectivity index (χ2n) is 8.30. The zero-order valence-corrected chi connectivity index (χ0v) is 24.0. The van der Waals surface area contributed by atoms with Gasteiger partial charge in [-0.15, -0.1) is 12.4 Å². The molecule has 0 atom stereocenters. The number of ether oxygens (including phenoxy) is 3. The van der Waals surface area contributed by atoms with Crippen LogP contribution in [-0.4, -0.2) is 78.6 Å². The number of carbonyl (C=O) groups excluding carboxylic acids is 2. The van der Waals surface area contributed by atoms with Crippen molar-refractivity contribution in [3.63, 3.8) is 0 Å². The van der Waals surface area contributed by atoms with E-state index < -0.39 is 6.09 Å². The summed E-state index contributed by atoms with van der Waals surface area (Å²) in [7, 11) is 1.59. The summed E-state index contributed by atoms with van der Waals surface area (Å²) in [6.07, 6.45) is 4.69. The number of aromatic nitrogens is 3. The lowest BCUT2D eigenvalue weighted by atomic mass is 10.2. The Morgan fingerprint density at radius 3 is 2.49 bits per heavy atom. The van der Waals surface area contributed by atoms with Gasteiger partial charge in [-0.1, -0.05) is 30.0 Å². The van der Waals surface area contributed by atoms with Crippen LogP contribution in [0.3, 0.4) is 0 Å². The lowest BCUT2D eigenvalue weighted by Gasteiger charge is -2.09. The molecular formula is C29H31ClN4O6S. The van der Waals surface area contributed by atoms with E-state index in [0.717, 1.165) is 20.9 Å². The molecule has 2 aromatic heterocycles. The predicted octanol–water partition coefficient (Wildman–Crippen LogP) is 4.54. The van der Waals surface area contributed by atoms with Gasteiger partial charge >= 0.3 is 6.09 Å². The van der Waals surface area contributed by atoms with E-state index >= 15 is 0 Å². The van der Waals surface area contributed by atoms with Gasteiger partial charge in [0.05, 0.1) is 55.5 Å². The van der Waals surface area contributed by atoms with Crippen LogP contribution in [0.4, 0.5) is 4.79 Å². The highest BCUT2D eigenvalue weighted by molar-refractivity contribution is 7.99. The topological polar surface area (TPSA) is 125 Å². The van der Waals surface area contributed by atoms with E-state index in [2.05, 4.69) is 15.4 Å². The maximum atomic E-state index is 13.0. The molecule has 216 valence electrons. The zero-order valence-electron chi connectivity index (χ0n) is 22.4. The fraction of sp³-hybridized carbons (Fsp3) is 0.241. The summed E-state index contributed by atoms with van der Waals surface area (Å²) < 4.78 is 17.2. The molecule has 41 heavy (non-hydrogen) atoms. The first-order valence-corrected chi connectivity index (χ1v) is 13.5. The number of aliphatic hydroxyl groups excluding tert-OH is 1. The second kappa shape index (κ2) is 16.5. The van der Waals surface area contributed by atoms with Crippen molar-refractivity contribution < 1.29 is 28.9 Å². The average molecular weight is 599 g/mol. The van der Waals surface area contributed by atoms with Crippen LogP contribution < -0.4 is 5.32 Å². The monoisotopic (exact) mass is 598 g/mol. The Labute approximate surface area is 248 Å². The average Bonchev–Trinajstić information content (AvgIpc) is 3.35. The highest BCUT2D eigenvalue weighted by atomic mass is 35.5. The number of benzene rings is 2. The van der Waals surface area contributed by atoms with Gasteiger partial charge < -0.3 is 24.6 Å². The van der Waals surface area contributed by atoms with Gasteiger partial charge in [-0.3, -0.25) is 9.78 Å². The number of hydrogen-bond acceptors (Lipinski definition) is 9. The van der Waals surface area contributed by atoms with Gasteiger partial charge in [-0.05, 0) is 54.6 Å². The maximum absolute atomic E-state index is 13.0. The minimum absolute atomic E-state index is 0. The Morgan fingerprint density at radius 1 is 0.976 bits per heavy atom.